The van der Waals surface area contributed by atoms with Crippen molar-refractivity contribution in [2.75, 3.05) is 20.6 Å². The minimum atomic E-state index is -0.866. The second kappa shape index (κ2) is 7.57. The second-order valence-corrected chi connectivity index (χ2v) is 6.71. The first-order valence-electron chi connectivity index (χ1n) is 7.44. The summed E-state index contributed by atoms with van der Waals surface area (Å²) in [6.07, 6.45) is 0.662. The maximum absolute atomic E-state index is 12.1. The largest absolute Gasteiger partial charge is 0.388 e. The lowest BCUT2D eigenvalue weighted by Crippen LogP contribution is -2.41. The highest BCUT2D eigenvalue weighted by Gasteiger charge is 2.22. The summed E-state index contributed by atoms with van der Waals surface area (Å²) in [5.74, 6) is 0.248. The lowest BCUT2D eigenvalue weighted by Gasteiger charge is -2.25. The predicted molar refractivity (Wildman–Crippen MR) is 86.2 cm³/mol. The van der Waals surface area contributed by atoms with Crippen molar-refractivity contribution >= 4 is 5.91 Å². The van der Waals surface area contributed by atoms with Crippen LogP contribution < -0.4 is 5.32 Å². The molecule has 1 aromatic carbocycles. The summed E-state index contributed by atoms with van der Waals surface area (Å²) in [6, 6.07) is 7.57. The van der Waals surface area contributed by atoms with Crippen molar-refractivity contribution in [2.24, 2.45) is 5.92 Å². The Labute approximate surface area is 128 Å². The standard InChI is InChI=1S/C17H28N2O2/c1-13(2)10-17(3,21)12-18-16(20)15-8-6-14(7-9-15)11-19(4)5/h6-9,13,21H,10-12H2,1-5H3,(H,18,20). The number of aliphatic hydroxyl groups is 1. The lowest BCUT2D eigenvalue weighted by atomic mass is 9.94. The zero-order valence-corrected chi connectivity index (χ0v) is 13.8. The molecule has 21 heavy (non-hydrogen) atoms. The van der Waals surface area contributed by atoms with Crippen LogP contribution in [0.3, 0.4) is 0 Å². The van der Waals surface area contributed by atoms with Gasteiger partial charge in [0, 0.05) is 18.7 Å². The van der Waals surface area contributed by atoms with Crippen LogP contribution in [0.15, 0.2) is 24.3 Å². The van der Waals surface area contributed by atoms with Gasteiger partial charge in [0.05, 0.1) is 5.60 Å². The summed E-state index contributed by atoms with van der Waals surface area (Å²) >= 11 is 0. The average Bonchev–Trinajstić information content (AvgIpc) is 2.34. The van der Waals surface area contributed by atoms with Crippen LogP contribution in [0.2, 0.25) is 0 Å². The van der Waals surface area contributed by atoms with E-state index in [2.05, 4.69) is 24.1 Å². The van der Waals surface area contributed by atoms with E-state index in [4.69, 9.17) is 0 Å². The summed E-state index contributed by atoms with van der Waals surface area (Å²) in [6.45, 7) is 6.99. The predicted octanol–water partition coefficient (Wildman–Crippen LogP) is 2.28. The maximum atomic E-state index is 12.1. The topological polar surface area (TPSA) is 52.6 Å². The van der Waals surface area contributed by atoms with Gasteiger partial charge >= 0.3 is 0 Å². The molecule has 4 heteroatoms. The van der Waals surface area contributed by atoms with Gasteiger partial charge in [-0.25, -0.2) is 0 Å². The number of carbonyl (C=O) groups is 1. The molecule has 0 aliphatic rings. The monoisotopic (exact) mass is 292 g/mol. The molecule has 0 saturated heterocycles. The minimum Gasteiger partial charge on any atom is -0.388 e. The van der Waals surface area contributed by atoms with Crippen molar-refractivity contribution < 1.29 is 9.90 Å². The Balaban J connectivity index is 2.56. The quantitative estimate of drug-likeness (QED) is 0.810. The molecule has 118 valence electrons. The average molecular weight is 292 g/mol. The van der Waals surface area contributed by atoms with E-state index >= 15 is 0 Å². The van der Waals surface area contributed by atoms with Gasteiger partial charge in [-0.15, -0.1) is 0 Å². The molecule has 0 bridgehead atoms. The summed E-state index contributed by atoms with van der Waals surface area (Å²) in [5, 5.41) is 13.0. The van der Waals surface area contributed by atoms with Crippen LogP contribution in [0.1, 0.15) is 43.1 Å². The number of nitrogens with one attached hydrogen (secondary N) is 1. The molecule has 1 rings (SSSR count). The van der Waals surface area contributed by atoms with E-state index in [1.807, 2.05) is 38.4 Å². The Morgan fingerprint density at radius 2 is 1.86 bits per heavy atom. The molecular weight excluding hydrogens is 264 g/mol. The van der Waals surface area contributed by atoms with Gasteiger partial charge in [-0.1, -0.05) is 26.0 Å². The van der Waals surface area contributed by atoms with Crippen molar-refractivity contribution in [1.82, 2.24) is 10.2 Å². The van der Waals surface area contributed by atoms with Crippen molar-refractivity contribution in [3.8, 4) is 0 Å². The molecule has 0 aromatic heterocycles. The number of carbonyl (C=O) groups excluding carboxylic acids is 1. The zero-order chi connectivity index (χ0) is 16.0. The van der Waals surface area contributed by atoms with E-state index in [9.17, 15) is 9.90 Å². The maximum Gasteiger partial charge on any atom is 0.251 e. The summed E-state index contributed by atoms with van der Waals surface area (Å²) in [5.41, 5.74) is 0.926. The van der Waals surface area contributed by atoms with Crippen LogP contribution in [0.25, 0.3) is 0 Å². The number of hydrogen-bond donors (Lipinski definition) is 2. The van der Waals surface area contributed by atoms with Gasteiger partial charge < -0.3 is 15.3 Å². The van der Waals surface area contributed by atoms with Crippen LogP contribution in [0, 0.1) is 5.92 Å². The molecule has 0 spiro atoms. The highest BCUT2D eigenvalue weighted by Crippen LogP contribution is 2.15. The van der Waals surface area contributed by atoms with Gasteiger partial charge in [-0.05, 0) is 51.1 Å². The molecule has 0 aliphatic carbocycles. The van der Waals surface area contributed by atoms with Crippen LogP contribution in [0.5, 0.6) is 0 Å². The Morgan fingerprint density at radius 3 is 2.33 bits per heavy atom. The van der Waals surface area contributed by atoms with Crippen LogP contribution >= 0.6 is 0 Å². The number of nitrogens with zero attached hydrogens (tertiary/aromatic N) is 1. The molecule has 0 radical (unpaired) electrons. The molecule has 2 N–H and O–H groups in total. The van der Waals surface area contributed by atoms with Gasteiger partial charge in [-0.2, -0.15) is 0 Å². The summed E-state index contributed by atoms with van der Waals surface area (Å²) in [4.78, 5) is 14.2. The third kappa shape index (κ3) is 6.74. The van der Waals surface area contributed by atoms with Gasteiger partial charge in [0.15, 0.2) is 0 Å². The molecule has 1 unspecified atom stereocenters. The van der Waals surface area contributed by atoms with Gasteiger partial charge in [-0.3, -0.25) is 4.79 Å². The first kappa shape index (κ1) is 17.7. The Morgan fingerprint density at radius 1 is 1.29 bits per heavy atom. The fraction of sp³-hybridized carbons (Fsp3) is 0.588. The van der Waals surface area contributed by atoms with Crippen LogP contribution in [-0.2, 0) is 6.54 Å². The van der Waals surface area contributed by atoms with E-state index < -0.39 is 5.60 Å². The minimum absolute atomic E-state index is 0.143. The van der Waals surface area contributed by atoms with Crippen LogP contribution in [-0.4, -0.2) is 42.2 Å². The normalized spacial score (nSPS) is 14.3. The number of amides is 1. The fourth-order valence-electron chi connectivity index (χ4n) is 2.45. The van der Waals surface area contributed by atoms with E-state index in [0.29, 0.717) is 17.9 Å². The highest BCUT2D eigenvalue weighted by atomic mass is 16.3. The van der Waals surface area contributed by atoms with Crippen molar-refractivity contribution in [3.05, 3.63) is 35.4 Å². The molecule has 1 atom stereocenters. The van der Waals surface area contributed by atoms with E-state index in [1.165, 1.54) is 5.56 Å². The molecule has 4 nitrogen and oxygen atoms in total. The van der Waals surface area contributed by atoms with Crippen molar-refractivity contribution in [3.63, 3.8) is 0 Å². The van der Waals surface area contributed by atoms with E-state index in [-0.39, 0.29) is 12.5 Å². The van der Waals surface area contributed by atoms with Gasteiger partial charge in [0.2, 0.25) is 0 Å². The Hall–Kier alpha value is -1.39. The van der Waals surface area contributed by atoms with Crippen molar-refractivity contribution in [1.29, 1.82) is 0 Å². The number of benzene rings is 1. The molecule has 0 saturated carbocycles. The van der Waals surface area contributed by atoms with E-state index in [1.54, 1.807) is 6.92 Å². The third-order valence-corrected chi connectivity index (χ3v) is 3.19. The number of hydrogen-bond acceptors (Lipinski definition) is 3. The summed E-state index contributed by atoms with van der Waals surface area (Å²) < 4.78 is 0. The Kier molecular flexibility index (Phi) is 6.37. The third-order valence-electron chi connectivity index (χ3n) is 3.19. The lowest BCUT2D eigenvalue weighted by molar-refractivity contribution is 0.0368. The zero-order valence-electron chi connectivity index (χ0n) is 13.8. The fourth-order valence-corrected chi connectivity index (χ4v) is 2.45. The van der Waals surface area contributed by atoms with Crippen LogP contribution in [0.4, 0.5) is 0 Å². The van der Waals surface area contributed by atoms with Gasteiger partial charge in [0.25, 0.3) is 5.91 Å². The van der Waals surface area contributed by atoms with E-state index in [0.717, 1.165) is 6.54 Å². The summed E-state index contributed by atoms with van der Waals surface area (Å²) in [7, 11) is 4.02. The molecule has 1 amide bonds. The molecular formula is C17H28N2O2. The number of rotatable bonds is 7. The molecule has 0 heterocycles. The molecule has 1 aromatic rings. The molecule has 0 aliphatic heterocycles. The SMILES string of the molecule is CC(C)CC(C)(O)CNC(=O)c1ccc(CN(C)C)cc1. The Bertz CT molecular complexity index is 450. The highest BCUT2D eigenvalue weighted by molar-refractivity contribution is 5.94. The molecule has 0 fully saturated rings. The smallest absolute Gasteiger partial charge is 0.251 e. The first-order chi connectivity index (χ1) is 9.69. The van der Waals surface area contributed by atoms with Gasteiger partial charge in [0.1, 0.15) is 0 Å². The van der Waals surface area contributed by atoms with Crippen molar-refractivity contribution in [2.45, 2.75) is 39.3 Å². The second-order valence-electron chi connectivity index (χ2n) is 6.71. The first-order valence-corrected chi connectivity index (χ1v) is 7.44.